The first-order valence-electron chi connectivity index (χ1n) is 6.66. The zero-order chi connectivity index (χ0) is 14.7. The van der Waals surface area contributed by atoms with Gasteiger partial charge in [0.15, 0.2) is 0 Å². The Bertz CT molecular complexity index is 532. The van der Waals surface area contributed by atoms with Crippen molar-refractivity contribution in [1.29, 1.82) is 0 Å². The average molecular weight is 278 g/mol. The van der Waals surface area contributed by atoms with Crippen LogP contribution in [0.1, 0.15) is 36.5 Å². The maximum absolute atomic E-state index is 12.3. The second-order valence-electron chi connectivity index (χ2n) is 5.08. The third-order valence-electron chi connectivity index (χ3n) is 3.74. The van der Waals surface area contributed by atoms with Crippen LogP contribution in [0.4, 0.5) is 11.5 Å². The minimum atomic E-state index is -0.554. The molecule has 0 spiro atoms. The van der Waals surface area contributed by atoms with Crippen LogP contribution in [0.2, 0.25) is 0 Å². The number of nitrogens with zero attached hydrogens (tertiary/aromatic N) is 2. The predicted molar refractivity (Wildman–Crippen MR) is 74.7 cm³/mol. The van der Waals surface area contributed by atoms with Gasteiger partial charge in [-0.1, -0.05) is 13.3 Å². The van der Waals surface area contributed by atoms with Crippen molar-refractivity contribution in [1.82, 2.24) is 10.3 Å². The van der Waals surface area contributed by atoms with Crippen molar-refractivity contribution in [3.05, 3.63) is 27.9 Å². The van der Waals surface area contributed by atoms with Gasteiger partial charge in [0.2, 0.25) is 0 Å². The first-order valence-corrected chi connectivity index (χ1v) is 6.66. The summed E-state index contributed by atoms with van der Waals surface area (Å²) < 4.78 is 0. The minimum absolute atomic E-state index is 0.131. The lowest BCUT2D eigenvalue weighted by molar-refractivity contribution is -0.385. The molecule has 1 saturated carbocycles. The molecule has 1 aliphatic carbocycles. The third kappa shape index (κ3) is 2.87. The Labute approximate surface area is 116 Å². The zero-order valence-electron chi connectivity index (χ0n) is 11.5. The number of anilines is 1. The zero-order valence-corrected chi connectivity index (χ0v) is 11.5. The fraction of sp³-hybridized carbons (Fsp3) is 0.538. The Balaban J connectivity index is 2.23. The van der Waals surface area contributed by atoms with Gasteiger partial charge in [0.05, 0.1) is 10.5 Å². The maximum Gasteiger partial charge on any atom is 0.288 e. The van der Waals surface area contributed by atoms with Gasteiger partial charge >= 0.3 is 0 Å². The summed E-state index contributed by atoms with van der Waals surface area (Å²) in [7, 11) is 1.63. The number of hydrogen-bond donors (Lipinski definition) is 2. The number of carbonyl (C=O) groups is 1. The van der Waals surface area contributed by atoms with Gasteiger partial charge in [-0.3, -0.25) is 14.9 Å². The van der Waals surface area contributed by atoms with Crippen molar-refractivity contribution >= 4 is 17.4 Å². The Kier molecular flexibility index (Phi) is 4.16. The molecule has 2 atom stereocenters. The monoisotopic (exact) mass is 278 g/mol. The molecule has 0 bridgehead atoms. The molecule has 1 aliphatic rings. The first-order chi connectivity index (χ1) is 9.52. The van der Waals surface area contributed by atoms with Gasteiger partial charge in [0.1, 0.15) is 12.0 Å². The number of nitro groups is 1. The summed E-state index contributed by atoms with van der Waals surface area (Å²) in [6, 6.07) is 1.39. The van der Waals surface area contributed by atoms with E-state index in [4.69, 9.17) is 0 Å². The SMILES string of the molecule is CNc1ncc([N+](=O)[O-])cc1C(=O)NC1CCCC1C. The molecule has 108 valence electrons. The van der Waals surface area contributed by atoms with E-state index in [2.05, 4.69) is 22.5 Å². The Morgan fingerprint density at radius 3 is 2.80 bits per heavy atom. The summed E-state index contributed by atoms with van der Waals surface area (Å²) in [6.07, 6.45) is 4.28. The van der Waals surface area contributed by atoms with Crippen LogP contribution in [0.25, 0.3) is 0 Å². The molecular weight excluding hydrogens is 260 g/mol. The first kappa shape index (κ1) is 14.2. The van der Waals surface area contributed by atoms with E-state index in [9.17, 15) is 14.9 Å². The van der Waals surface area contributed by atoms with Crippen molar-refractivity contribution in [3.8, 4) is 0 Å². The van der Waals surface area contributed by atoms with Crippen molar-refractivity contribution in [2.24, 2.45) is 5.92 Å². The van der Waals surface area contributed by atoms with Crippen LogP contribution < -0.4 is 10.6 Å². The average Bonchev–Trinajstić information content (AvgIpc) is 2.83. The van der Waals surface area contributed by atoms with Crippen LogP contribution >= 0.6 is 0 Å². The summed E-state index contributed by atoms with van der Waals surface area (Å²) in [6.45, 7) is 2.10. The minimum Gasteiger partial charge on any atom is -0.372 e. The fourth-order valence-electron chi connectivity index (χ4n) is 2.53. The number of carbonyl (C=O) groups excluding carboxylic acids is 1. The summed E-state index contributed by atoms with van der Waals surface area (Å²) in [5.41, 5.74) is 0.0226. The lowest BCUT2D eigenvalue weighted by Crippen LogP contribution is -2.36. The number of nitrogens with one attached hydrogen (secondary N) is 2. The molecule has 2 N–H and O–H groups in total. The lowest BCUT2D eigenvalue weighted by atomic mass is 10.1. The topological polar surface area (TPSA) is 97.2 Å². The maximum atomic E-state index is 12.3. The molecular formula is C13H18N4O3. The second kappa shape index (κ2) is 5.85. The summed E-state index contributed by atoms with van der Waals surface area (Å²) in [5.74, 6) is 0.465. The highest BCUT2D eigenvalue weighted by Gasteiger charge is 2.26. The normalized spacial score (nSPS) is 21.5. The molecule has 20 heavy (non-hydrogen) atoms. The van der Waals surface area contributed by atoms with Gasteiger partial charge in [-0.05, 0) is 18.8 Å². The van der Waals surface area contributed by atoms with E-state index in [1.807, 2.05) is 0 Å². The van der Waals surface area contributed by atoms with Crippen molar-refractivity contribution in [2.75, 3.05) is 12.4 Å². The van der Waals surface area contributed by atoms with Gasteiger partial charge in [0, 0.05) is 19.2 Å². The van der Waals surface area contributed by atoms with Crippen LogP contribution in [0.15, 0.2) is 12.3 Å². The van der Waals surface area contributed by atoms with E-state index in [0.29, 0.717) is 11.7 Å². The number of aromatic nitrogens is 1. The standard InChI is InChI=1S/C13H18N4O3/c1-8-4-3-5-11(8)16-13(18)10-6-9(17(19)20)7-15-12(10)14-2/h6-8,11H,3-5H2,1-2H3,(H,14,15)(H,16,18). The summed E-state index contributed by atoms with van der Waals surface area (Å²) in [4.78, 5) is 26.4. The van der Waals surface area contributed by atoms with E-state index < -0.39 is 4.92 Å². The molecule has 7 nitrogen and oxygen atoms in total. The summed E-state index contributed by atoms with van der Waals surface area (Å²) in [5, 5.41) is 16.5. The predicted octanol–water partition coefficient (Wildman–Crippen LogP) is 1.95. The molecule has 1 aromatic heterocycles. The highest BCUT2D eigenvalue weighted by atomic mass is 16.6. The van der Waals surface area contributed by atoms with Crippen LogP contribution in [0, 0.1) is 16.0 Å². The largest absolute Gasteiger partial charge is 0.372 e. The Hall–Kier alpha value is -2.18. The van der Waals surface area contributed by atoms with Crippen molar-refractivity contribution in [2.45, 2.75) is 32.2 Å². The van der Waals surface area contributed by atoms with E-state index in [1.165, 1.54) is 6.07 Å². The van der Waals surface area contributed by atoms with Crippen LogP contribution in [0.3, 0.4) is 0 Å². The lowest BCUT2D eigenvalue weighted by Gasteiger charge is -2.18. The van der Waals surface area contributed by atoms with Gasteiger partial charge < -0.3 is 10.6 Å². The molecule has 2 unspecified atom stereocenters. The Morgan fingerprint density at radius 2 is 2.25 bits per heavy atom. The van der Waals surface area contributed by atoms with Crippen molar-refractivity contribution < 1.29 is 9.72 Å². The van der Waals surface area contributed by atoms with Gasteiger partial charge in [0.25, 0.3) is 11.6 Å². The number of pyridine rings is 1. The molecule has 2 rings (SSSR count). The highest BCUT2D eigenvalue weighted by molar-refractivity contribution is 5.99. The molecule has 7 heteroatoms. The van der Waals surface area contributed by atoms with Crippen LogP contribution in [0.5, 0.6) is 0 Å². The van der Waals surface area contributed by atoms with E-state index in [0.717, 1.165) is 25.5 Å². The molecule has 1 heterocycles. The highest BCUT2D eigenvalue weighted by Crippen LogP contribution is 2.26. The van der Waals surface area contributed by atoms with Gasteiger partial charge in [-0.25, -0.2) is 4.98 Å². The molecule has 1 fully saturated rings. The molecule has 0 saturated heterocycles. The summed E-state index contributed by atoms with van der Waals surface area (Å²) >= 11 is 0. The number of hydrogen-bond acceptors (Lipinski definition) is 5. The molecule has 1 aromatic rings. The van der Waals surface area contributed by atoms with E-state index >= 15 is 0 Å². The third-order valence-corrected chi connectivity index (χ3v) is 3.74. The fourth-order valence-corrected chi connectivity index (χ4v) is 2.53. The van der Waals surface area contributed by atoms with E-state index in [1.54, 1.807) is 7.05 Å². The molecule has 1 amide bonds. The Morgan fingerprint density at radius 1 is 1.50 bits per heavy atom. The smallest absolute Gasteiger partial charge is 0.288 e. The van der Waals surface area contributed by atoms with E-state index in [-0.39, 0.29) is 23.2 Å². The molecule has 0 aliphatic heterocycles. The van der Waals surface area contributed by atoms with Gasteiger partial charge in [-0.15, -0.1) is 0 Å². The van der Waals surface area contributed by atoms with Crippen LogP contribution in [-0.4, -0.2) is 28.9 Å². The number of rotatable bonds is 4. The van der Waals surface area contributed by atoms with Crippen LogP contribution in [-0.2, 0) is 0 Å². The molecule has 0 radical (unpaired) electrons. The molecule has 0 aromatic carbocycles. The van der Waals surface area contributed by atoms with Crippen molar-refractivity contribution in [3.63, 3.8) is 0 Å². The second-order valence-corrected chi connectivity index (χ2v) is 5.08. The van der Waals surface area contributed by atoms with Gasteiger partial charge in [-0.2, -0.15) is 0 Å². The number of amides is 1. The quantitative estimate of drug-likeness (QED) is 0.648.